The van der Waals surface area contributed by atoms with Gasteiger partial charge in [-0.2, -0.15) is 0 Å². The lowest BCUT2D eigenvalue weighted by Gasteiger charge is -2.43. The van der Waals surface area contributed by atoms with E-state index in [0.29, 0.717) is 0 Å². The summed E-state index contributed by atoms with van der Waals surface area (Å²) in [7, 11) is 0. The van der Waals surface area contributed by atoms with E-state index in [1.807, 2.05) is 0 Å². The Balaban J connectivity index is 1.15. The van der Waals surface area contributed by atoms with E-state index < -0.39 is 0 Å². The summed E-state index contributed by atoms with van der Waals surface area (Å²) in [5.41, 5.74) is 12.2. The van der Waals surface area contributed by atoms with Crippen molar-refractivity contribution in [2.24, 2.45) is 5.92 Å². The number of allylic oxidation sites excluding steroid dienone is 6. The van der Waals surface area contributed by atoms with Gasteiger partial charge in [-0.1, -0.05) is 129 Å². The molecule has 4 nitrogen and oxygen atoms in total. The van der Waals surface area contributed by atoms with Crippen LogP contribution in [0.5, 0.6) is 0 Å². The zero-order valence-corrected chi connectivity index (χ0v) is 26.5. The van der Waals surface area contributed by atoms with Crippen LogP contribution in [0.15, 0.2) is 133 Å². The highest BCUT2D eigenvalue weighted by Crippen LogP contribution is 2.53. The van der Waals surface area contributed by atoms with Crippen molar-refractivity contribution in [3.05, 3.63) is 150 Å². The highest BCUT2D eigenvalue weighted by Gasteiger charge is 2.38. The topological polar surface area (TPSA) is 41.0 Å². The molecule has 46 heavy (non-hydrogen) atoms. The molecule has 4 heteroatoms. The van der Waals surface area contributed by atoms with Crippen LogP contribution in [-0.2, 0) is 5.41 Å². The summed E-state index contributed by atoms with van der Waals surface area (Å²) >= 11 is 0. The molecule has 4 atom stereocenters. The van der Waals surface area contributed by atoms with Crippen LogP contribution < -0.4 is 16.0 Å². The van der Waals surface area contributed by atoms with Gasteiger partial charge in [0.25, 0.3) is 0 Å². The predicted molar refractivity (Wildman–Crippen MR) is 191 cm³/mol. The normalized spacial score (nSPS) is 24.9. The highest BCUT2D eigenvalue weighted by atomic mass is 15.4. The summed E-state index contributed by atoms with van der Waals surface area (Å²) in [4.78, 5) is 0. The van der Waals surface area contributed by atoms with Crippen LogP contribution >= 0.6 is 0 Å². The van der Waals surface area contributed by atoms with E-state index in [9.17, 15) is 0 Å². The summed E-state index contributed by atoms with van der Waals surface area (Å²) in [6.45, 7) is 4.75. The lowest BCUT2D eigenvalue weighted by Crippen LogP contribution is -2.65. The van der Waals surface area contributed by atoms with Gasteiger partial charge in [0, 0.05) is 33.4 Å². The molecule has 0 saturated carbocycles. The van der Waals surface area contributed by atoms with Crippen LogP contribution in [0.3, 0.4) is 0 Å². The van der Waals surface area contributed by atoms with Gasteiger partial charge in [-0.25, -0.2) is 0 Å². The molecule has 5 aromatic rings. The van der Waals surface area contributed by atoms with Crippen molar-refractivity contribution >= 4 is 27.5 Å². The third-order valence-electron chi connectivity index (χ3n) is 10.8. The first-order valence-electron chi connectivity index (χ1n) is 16.8. The molecule has 0 bridgehead atoms. The number of hydrogen-bond donors (Lipinski definition) is 3. The van der Waals surface area contributed by atoms with Gasteiger partial charge < -0.3 is 4.57 Å². The fraction of sp³-hybridized carbons (Fsp3) is 0.238. The minimum Gasteiger partial charge on any atom is -0.312 e. The molecule has 1 aromatic heterocycles. The number of rotatable bonds is 4. The smallest absolute Gasteiger partial charge is 0.0862 e. The third-order valence-corrected chi connectivity index (χ3v) is 10.8. The molecule has 1 aliphatic heterocycles. The van der Waals surface area contributed by atoms with E-state index in [0.717, 1.165) is 19.3 Å². The summed E-state index contributed by atoms with van der Waals surface area (Å²) in [5.74, 6) is 0.271. The molecule has 228 valence electrons. The van der Waals surface area contributed by atoms with Crippen LogP contribution in [0.4, 0.5) is 0 Å². The highest BCUT2D eigenvalue weighted by molar-refractivity contribution is 6.16. The second kappa shape index (κ2) is 10.8. The largest absolute Gasteiger partial charge is 0.312 e. The van der Waals surface area contributed by atoms with Gasteiger partial charge in [-0.3, -0.25) is 16.0 Å². The van der Waals surface area contributed by atoms with Crippen molar-refractivity contribution in [1.29, 1.82) is 0 Å². The van der Waals surface area contributed by atoms with Crippen molar-refractivity contribution in [1.82, 2.24) is 20.5 Å². The monoisotopic (exact) mass is 600 g/mol. The van der Waals surface area contributed by atoms with Gasteiger partial charge in [-0.15, -0.1) is 0 Å². The zero-order chi connectivity index (χ0) is 30.8. The Kier molecular flexibility index (Phi) is 6.53. The van der Waals surface area contributed by atoms with Crippen molar-refractivity contribution in [3.8, 4) is 11.1 Å². The fourth-order valence-corrected chi connectivity index (χ4v) is 8.45. The molecular weight excluding hydrogens is 560 g/mol. The number of aromatic nitrogens is 1. The number of para-hydroxylation sites is 1. The first-order chi connectivity index (χ1) is 22.6. The van der Waals surface area contributed by atoms with Crippen molar-refractivity contribution in [3.63, 3.8) is 0 Å². The van der Waals surface area contributed by atoms with E-state index in [1.54, 1.807) is 0 Å². The molecule has 4 unspecified atom stereocenters. The Morgan fingerprint density at radius 3 is 2.39 bits per heavy atom. The standard InChI is InChI=1S/C42H40N4/c1-42(2)34-22-11-9-21-33(34)37-35(42)25-24-32-31-20-10-12-23-36(31)46(38(32)37)30-19-13-18-29(26-30)41-44-39(27-14-5-3-6-15-27)43-40(45-41)28-16-7-4-8-17-28/h3-7,9-16,18-25,29,39-41,43-45H,8,17,26H2,1-2H3. The number of hydrogen-bond acceptors (Lipinski definition) is 3. The first-order valence-corrected chi connectivity index (χ1v) is 16.8. The summed E-state index contributed by atoms with van der Waals surface area (Å²) in [6.07, 6.45) is 17.1. The van der Waals surface area contributed by atoms with E-state index in [4.69, 9.17) is 0 Å². The average Bonchev–Trinajstić information content (AvgIpc) is 3.58. The minimum atomic E-state index is -0.0435. The van der Waals surface area contributed by atoms with Crippen molar-refractivity contribution in [2.75, 3.05) is 0 Å². The maximum absolute atomic E-state index is 3.99. The Bertz CT molecular complexity index is 2110. The quantitative estimate of drug-likeness (QED) is 0.193. The van der Waals surface area contributed by atoms with Crippen LogP contribution in [0.2, 0.25) is 0 Å². The molecule has 1 saturated heterocycles. The first kappa shape index (κ1) is 27.8. The Hall–Kier alpha value is -4.48. The van der Waals surface area contributed by atoms with Crippen LogP contribution in [0.25, 0.3) is 38.6 Å². The number of benzene rings is 4. The van der Waals surface area contributed by atoms with Gasteiger partial charge in [0.1, 0.15) is 0 Å². The van der Waals surface area contributed by atoms with Crippen LogP contribution in [-0.4, -0.2) is 16.9 Å². The van der Waals surface area contributed by atoms with Gasteiger partial charge in [0.15, 0.2) is 0 Å². The molecule has 9 rings (SSSR count). The second-order valence-corrected chi connectivity index (χ2v) is 13.8. The van der Waals surface area contributed by atoms with E-state index in [1.165, 1.54) is 60.9 Å². The average molecular weight is 601 g/mol. The molecule has 0 radical (unpaired) electrons. The van der Waals surface area contributed by atoms with Gasteiger partial charge in [0.05, 0.1) is 29.5 Å². The maximum atomic E-state index is 3.99. The molecule has 4 aliphatic rings. The fourth-order valence-electron chi connectivity index (χ4n) is 8.45. The lowest BCUT2D eigenvalue weighted by atomic mass is 9.82. The summed E-state index contributed by atoms with van der Waals surface area (Å²) in [5, 5.41) is 14.5. The van der Waals surface area contributed by atoms with Gasteiger partial charge in [0.2, 0.25) is 0 Å². The zero-order valence-electron chi connectivity index (χ0n) is 26.5. The SMILES string of the molecule is CC1(C)c2ccccc2-c2c1ccc1c3ccccc3n(C3=CC=CC(C4NC(C5=CC=CCC5)NC(c5ccccc5)N4)C3)c21. The van der Waals surface area contributed by atoms with Crippen LogP contribution in [0, 0.1) is 5.92 Å². The molecule has 2 heterocycles. The second-order valence-electron chi connectivity index (χ2n) is 13.8. The third kappa shape index (κ3) is 4.32. The minimum absolute atomic E-state index is 0.0435. The predicted octanol–water partition coefficient (Wildman–Crippen LogP) is 8.93. The number of nitrogens with one attached hydrogen (secondary N) is 3. The molecule has 1 fully saturated rings. The van der Waals surface area contributed by atoms with Gasteiger partial charge >= 0.3 is 0 Å². The van der Waals surface area contributed by atoms with E-state index in [2.05, 4.69) is 162 Å². The number of fused-ring (bicyclic) bond motifs is 7. The molecule has 0 spiro atoms. The Morgan fingerprint density at radius 1 is 0.717 bits per heavy atom. The molecule has 0 amide bonds. The van der Waals surface area contributed by atoms with Gasteiger partial charge in [-0.05, 0) is 59.2 Å². The number of nitrogens with zero attached hydrogens (tertiary/aromatic N) is 1. The maximum Gasteiger partial charge on any atom is 0.0862 e. The molecule has 4 aromatic carbocycles. The molecule has 3 aliphatic carbocycles. The van der Waals surface area contributed by atoms with E-state index in [-0.39, 0.29) is 29.8 Å². The van der Waals surface area contributed by atoms with Crippen molar-refractivity contribution in [2.45, 2.75) is 57.0 Å². The van der Waals surface area contributed by atoms with Crippen LogP contribution in [0.1, 0.15) is 56.0 Å². The summed E-state index contributed by atoms with van der Waals surface area (Å²) < 4.78 is 2.58. The summed E-state index contributed by atoms with van der Waals surface area (Å²) in [6, 6.07) is 33.5. The Morgan fingerprint density at radius 2 is 1.52 bits per heavy atom. The lowest BCUT2D eigenvalue weighted by molar-refractivity contribution is 0.185. The molecular formula is C42H40N4. The van der Waals surface area contributed by atoms with E-state index >= 15 is 0 Å². The molecule has 3 N–H and O–H groups in total. The Labute approximate surface area is 271 Å². The van der Waals surface area contributed by atoms with Crippen molar-refractivity contribution < 1.29 is 0 Å².